The summed E-state index contributed by atoms with van der Waals surface area (Å²) in [6.07, 6.45) is 2.90. The molecule has 3 aromatic rings. The van der Waals surface area contributed by atoms with Crippen molar-refractivity contribution < 1.29 is 14.7 Å². The summed E-state index contributed by atoms with van der Waals surface area (Å²) in [5.74, 6) is 0.664. The number of nitrogens with zero attached hydrogens (tertiary/aromatic N) is 2. The van der Waals surface area contributed by atoms with Gasteiger partial charge in [0.1, 0.15) is 17.3 Å². The van der Waals surface area contributed by atoms with Crippen molar-refractivity contribution in [3.8, 4) is 5.75 Å². The number of urea groups is 1. The molecule has 3 aliphatic rings. The van der Waals surface area contributed by atoms with Gasteiger partial charge in [-0.05, 0) is 73.7 Å². The maximum Gasteiger partial charge on any atom is 0.328 e. The summed E-state index contributed by atoms with van der Waals surface area (Å²) in [5.41, 5.74) is 2.47. The van der Waals surface area contributed by atoms with E-state index in [9.17, 15) is 14.7 Å². The van der Waals surface area contributed by atoms with Crippen molar-refractivity contribution in [2.24, 2.45) is 5.92 Å². The maximum absolute atomic E-state index is 13.7. The van der Waals surface area contributed by atoms with Crippen LogP contribution in [0.5, 0.6) is 5.75 Å². The summed E-state index contributed by atoms with van der Waals surface area (Å²) in [5, 5.41) is 15.2. The Morgan fingerprint density at radius 2 is 2.03 bits per heavy atom. The van der Waals surface area contributed by atoms with Crippen LogP contribution < -0.4 is 5.32 Å². The molecular weight excluding hydrogens is 452 g/mol. The Hall–Kier alpha value is -3.03. The molecule has 176 valence electrons. The number of amides is 3. The van der Waals surface area contributed by atoms with Gasteiger partial charge in [-0.2, -0.15) is 0 Å². The van der Waals surface area contributed by atoms with Gasteiger partial charge in [0.05, 0.1) is 0 Å². The van der Waals surface area contributed by atoms with Crippen LogP contribution in [0.4, 0.5) is 4.79 Å². The summed E-state index contributed by atoms with van der Waals surface area (Å²) >= 11 is 6.32. The third-order valence-corrected chi connectivity index (χ3v) is 7.69. The average Bonchev–Trinajstić information content (AvgIpc) is 3.54. The zero-order valence-corrected chi connectivity index (χ0v) is 19.7. The largest absolute Gasteiger partial charge is 0.508 e. The lowest BCUT2D eigenvalue weighted by Crippen LogP contribution is -2.53. The number of imide groups is 1. The fourth-order valence-corrected chi connectivity index (χ4v) is 5.71. The monoisotopic (exact) mass is 478 g/mol. The molecule has 1 aromatic heterocycles. The first-order chi connectivity index (χ1) is 16.4. The molecule has 34 heavy (non-hydrogen) atoms. The first kappa shape index (κ1) is 21.5. The summed E-state index contributed by atoms with van der Waals surface area (Å²) in [7, 11) is 0. The van der Waals surface area contributed by atoms with E-state index in [0.717, 1.165) is 40.2 Å². The van der Waals surface area contributed by atoms with E-state index in [1.807, 2.05) is 31.2 Å². The molecule has 7 nitrogen and oxygen atoms in total. The second-order valence-electron chi connectivity index (χ2n) is 9.91. The van der Waals surface area contributed by atoms with Gasteiger partial charge >= 0.3 is 6.03 Å². The molecule has 2 atom stereocenters. The number of aromatic amines is 1. The third kappa shape index (κ3) is 3.29. The molecule has 3 heterocycles. The second kappa shape index (κ2) is 7.75. The van der Waals surface area contributed by atoms with Crippen LogP contribution in [0.2, 0.25) is 5.02 Å². The normalized spacial score (nSPS) is 24.1. The molecule has 1 aliphatic carbocycles. The number of benzene rings is 2. The van der Waals surface area contributed by atoms with Crippen molar-refractivity contribution in [2.45, 2.75) is 37.8 Å². The number of halogens is 1. The van der Waals surface area contributed by atoms with Crippen molar-refractivity contribution in [3.63, 3.8) is 0 Å². The molecule has 6 rings (SSSR count). The second-order valence-corrected chi connectivity index (χ2v) is 10.3. The topological polar surface area (TPSA) is 88.7 Å². The van der Waals surface area contributed by atoms with Gasteiger partial charge in [-0.1, -0.05) is 23.7 Å². The van der Waals surface area contributed by atoms with Gasteiger partial charge in [-0.25, -0.2) is 4.79 Å². The van der Waals surface area contributed by atoms with E-state index in [1.165, 1.54) is 17.7 Å². The van der Waals surface area contributed by atoms with Crippen LogP contribution in [0.3, 0.4) is 0 Å². The van der Waals surface area contributed by atoms with Gasteiger partial charge in [-0.15, -0.1) is 0 Å². The van der Waals surface area contributed by atoms with Gasteiger partial charge in [0, 0.05) is 41.1 Å². The Kier molecular flexibility index (Phi) is 4.90. The number of fused-ring (bicyclic) bond motifs is 4. The van der Waals surface area contributed by atoms with Gasteiger partial charge in [0.25, 0.3) is 5.91 Å². The van der Waals surface area contributed by atoms with E-state index in [0.29, 0.717) is 24.5 Å². The fourth-order valence-electron chi connectivity index (χ4n) is 5.54. The minimum atomic E-state index is -1.03. The van der Waals surface area contributed by atoms with Crippen LogP contribution in [-0.2, 0) is 11.2 Å². The van der Waals surface area contributed by atoms with Crippen LogP contribution in [0, 0.1) is 5.92 Å². The summed E-state index contributed by atoms with van der Waals surface area (Å²) < 4.78 is 0. The Balaban J connectivity index is 1.44. The molecule has 8 heteroatoms. The summed E-state index contributed by atoms with van der Waals surface area (Å²) in [6.45, 7) is 3.70. The molecule has 2 unspecified atom stereocenters. The number of hydrogen-bond donors (Lipinski definition) is 3. The predicted octanol–water partition coefficient (Wildman–Crippen LogP) is 4.19. The molecule has 2 aliphatic heterocycles. The lowest BCUT2D eigenvalue weighted by molar-refractivity contribution is -0.133. The number of aromatic hydroxyl groups is 1. The Labute approximate surface area is 202 Å². The van der Waals surface area contributed by atoms with Crippen molar-refractivity contribution in [3.05, 3.63) is 64.3 Å². The number of carbonyl (C=O) groups excluding carboxylic acids is 2. The number of nitrogens with one attached hydrogen (secondary N) is 2. The highest BCUT2D eigenvalue weighted by Crippen LogP contribution is 2.49. The highest BCUT2D eigenvalue weighted by Gasteiger charge is 2.60. The maximum atomic E-state index is 13.7. The van der Waals surface area contributed by atoms with Crippen molar-refractivity contribution in [2.75, 3.05) is 19.6 Å². The molecule has 1 saturated carbocycles. The minimum absolute atomic E-state index is 0.115. The van der Waals surface area contributed by atoms with Crippen LogP contribution in [-0.4, -0.2) is 57.0 Å². The van der Waals surface area contributed by atoms with Gasteiger partial charge in [0.15, 0.2) is 0 Å². The summed E-state index contributed by atoms with van der Waals surface area (Å²) in [6, 6.07) is 11.7. The highest BCUT2D eigenvalue weighted by molar-refractivity contribution is 6.31. The molecule has 3 amide bonds. The van der Waals surface area contributed by atoms with Crippen LogP contribution in [0.15, 0.2) is 42.5 Å². The zero-order valence-electron chi connectivity index (χ0n) is 19.0. The Bertz CT molecular complexity index is 1320. The van der Waals surface area contributed by atoms with E-state index in [2.05, 4.69) is 10.3 Å². The van der Waals surface area contributed by atoms with E-state index in [4.69, 9.17) is 11.6 Å². The van der Waals surface area contributed by atoms with Crippen LogP contribution >= 0.6 is 11.6 Å². The van der Waals surface area contributed by atoms with Crippen molar-refractivity contribution in [1.29, 1.82) is 0 Å². The third-order valence-electron chi connectivity index (χ3n) is 7.46. The van der Waals surface area contributed by atoms with E-state index in [-0.39, 0.29) is 17.7 Å². The average molecular weight is 479 g/mol. The number of hydrogen-bond acceptors (Lipinski definition) is 4. The molecule has 0 bridgehead atoms. The van der Waals surface area contributed by atoms with Crippen LogP contribution in [0.1, 0.15) is 42.6 Å². The van der Waals surface area contributed by atoms with Gasteiger partial charge in [-0.3, -0.25) is 14.6 Å². The Morgan fingerprint density at radius 1 is 1.21 bits per heavy atom. The zero-order chi connectivity index (χ0) is 23.6. The lowest BCUT2D eigenvalue weighted by atomic mass is 9.81. The predicted molar refractivity (Wildman–Crippen MR) is 130 cm³/mol. The first-order valence-electron chi connectivity index (χ1n) is 11.8. The lowest BCUT2D eigenvalue weighted by Gasteiger charge is -2.42. The number of aromatic nitrogens is 1. The summed E-state index contributed by atoms with van der Waals surface area (Å²) in [4.78, 5) is 34.1. The number of H-pyrrole nitrogens is 1. The molecule has 2 fully saturated rings. The number of rotatable bonds is 6. The SMILES string of the molecule is CC12Cc3c([nH]c4ccc(Cl)cc34)C(c3cccc(O)c3)N1C(=O)N(CCNCC1CC1)C2=O. The number of phenolic OH excluding ortho intramolecular Hbond substituents is 1. The Morgan fingerprint density at radius 3 is 2.79 bits per heavy atom. The molecule has 0 radical (unpaired) electrons. The van der Waals surface area contributed by atoms with E-state index >= 15 is 0 Å². The van der Waals surface area contributed by atoms with Crippen molar-refractivity contribution >= 4 is 34.4 Å². The standard InChI is InChI=1S/C26H27ClN4O3/c1-26-13-20-19-12-17(27)7-8-21(19)29-22(20)23(16-3-2-4-18(32)11-16)31(26)25(34)30(24(26)33)10-9-28-14-15-5-6-15/h2-4,7-8,11-12,15,23,28-29,32H,5-6,9-10,13-14H2,1H3. The van der Waals surface area contributed by atoms with E-state index in [1.54, 1.807) is 23.1 Å². The van der Waals surface area contributed by atoms with Crippen LogP contribution in [0.25, 0.3) is 10.9 Å². The molecular formula is C26H27ClN4O3. The molecule has 1 saturated heterocycles. The first-order valence-corrected chi connectivity index (χ1v) is 12.2. The molecule has 0 spiro atoms. The number of phenols is 1. The smallest absolute Gasteiger partial charge is 0.328 e. The molecule has 3 N–H and O–H groups in total. The highest BCUT2D eigenvalue weighted by atomic mass is 35.5. The van der Waals surface area contributed by atoms with E-state index < -0.39 is 11.6 Å². The van der Waals surface area contributed by atoms with Crippen molar-refractivity contribution in [1.82, 2.24) is 20.1 Å². The fraction of sp³-hybridized carbons (Fsp3) is 0.385. The quantitative estimate of drug-likeness (QED) is 0.366. The number of carbonyl (C=O) groups is 2. The minimum Gasteiger partial charge on any atom is -0.508 e. The van der Waals surface area contributed by atoms with Gasteiger partial charge < -0.3 is 15.4 Å². The molecule has 2 aromatic carbocycles. The van der Waals surface area contributed by atoms with Gasteiger partial charge in [0.2, 0.25) is 0 Å².